The number of para-hydroxylation sites is 1. The van der Waals surface area contributed by atoms with Crippen molar-refractivity contribution in [3.8, 4) is 16.9 Å². The van der Waals surface area contributed by atoms with Crippen molar-refractivity contribution in [3.63, 3.8) is 0 Å². The normalized spacial score (nSPS) is 10.4. The lowest BCUT2D eigenvalue weighted by Gasteiger charge is -2.07. The summed E-state index contributed by atoms with van der Waals surface area (Å²) < 4.78 is 5.34. The van der Waals surface area contributed by atoms with Crippen molar-refractivity contribution in [1.82, 2.24) is 0 Å². The highest BCUT2D eigenvalue weighted by molar-refractivity contribution is 5.79. The summed E-state index contributed by atoms with van der Waals surface area (Å²) in [6.07, 6.45) is 2.13. The zero-order valence-electron chi connectivity index (χ0n) is 9.61. The Morgan fingerprint density at radius 2 is 1.67 bits per heavy atom. The van der Waals surface area contributed by atoms with Crippen LogP contribution in [0.25, 0.3) is 11.1 Å². The zero-order valence-corrected chi connectivity index (χ0v) is 9.61. The van der Waals surface area contributed by atoms with Gasteiger partial charge in [-0.2, -0.15) is 0 Å². The number of rotatable bonds is 4. The average Bonchev–Trinajstić information content (AvgIpc) is 2.40. The molecule has 0 aromatic heterocycles. The lowest BCUT2D eigenvalue weighted by molar-refractivity contribution is -0.131. The first kappa shape index (κ1) is 11.9. The third-order valence-corrected chi connectivity index (χ3v) is 2.38. The summed E-state index contributed by atoms with van der Waals surface area (Å²) >= 11 is 0. The predicted molar refractivity (Wildman–Crippen MR) is 69.3 cm³/mol. The number of ether oxygens (including phenoxy) is 1. The summed E-state index contributed by atoms with van der Waals surface area (Å²) in [6.45, 7) is 0. The van der Waals surface area contributed by atoms with E-state index in [1.807, 2.05) is 48.5 Å². The van der Waals surface area contributed by atoms with Gasteiger partial charge in [0.1, 0.15) is 5.75 Å². The van der Waals surface area contributed by atoms with Gasteiger partial charge in [-0.05, 0) is 11.6 Å². The molecule has 0 unspecified atom stereocenters. The maximum atomic E-state index is 10.4. The minimum absolute atomic E-state index is 0.626. The fraction of sp³-hybridized carbons (Fsp3) is 0. The number of carbonyl (C=O) groups is 1. The maximum Gasteiger partial charge on any atom is 0.331 e. The Hall–Kier alpha value is -2.55. The molecule has 2 rings (SSSR count). The first-order valence-electron chi connectivity index (χ1n) is 5.48. The van der Waals surface area contributed by atoms with Crippen LogP contribution in [-0.4, -0.2) is 11.1 Å². The number of carboxylic acids is 1. The standard InChI is InChI=1S/C15H12O3/c16-15(17)10-11-18-14-9-5-4-8-13(14)12-6-2-1-3-7-12/h1-11H,(H,16,17). The molecule has 0 spiro atoms. The molecule has 0 aliphatic rings. The van der Waals surface area contributed by atoms with Gasteiger partial charge in [-0.15, -0.1) is 0 Å². The Morgan fingerprint density at radius 3 is 2.39 bits per heavy atom. The molecule has 3 nitrogen and oxygen atoms in total. The van der Waals surface area contributed by atoms with E-state index in [0.717, 1.165) is 17.2 Å². The predicted octanol–water partition coefficient (Wildman–Crippen LogP) is 3.33. The van der Waals surface area contributed by atoms with Crippen LogP contribution in [0, 0.1) is 0 Å². The summed E-state index contributed by atoms with van der Waals surface area (Å²) in [4.78, 5) is 10.4. The number of hydrogen-bond donors (Lipinski definition) is 1. The van der Waals surface area contributed by atoms with Crippen molar-refractivity contribution in [2.75, 3.05) is 0 Å². The van der Waals surface area contributed by atoms with E-state index in [0.29, 0.717) is 5.75 Å². The molecular weight excluding hydrogens is 228 g/mol. The zero-order chi connectivity index (χ0) is 12.8. The third-order valence-electron chi connectivity index (χ3n) is 2.38. The molecule has 0 radical (unpaired) electrons. The Morgan fingerprint density at radius 1 is 1.00 bits per heavy atom. The maximum absolute atomic E-state index is 10.4. The molecule has 0 saturated carbocycles. The van der Waals surface area contributed by atoms with Gasteiger partial charge in [-0.25, -0.2) is 4.79 Å². The van der Waals surface area contributed by atoms with Gasteiger partial charge in [0, 0.05) is 5.56 Å². The molecule has 0 heterocycles. The minimum atomic E-state index is -1.04. The highest BCUT2D eigenvalue weighted by atomic mass is 16.5. The van der Waals surface area contributed by atoms with Crippen LogP contribution in [0.3, 0.4) is 0 Å². The van der Waals surface area contributed by atoms with Crippen LogP contribution in [0.4, 0.5) is 0 Å². The molecular formula is C15H12O3. The van der Waals surface area contributed by atoms with Gasteiger partial charge < -0.3 is 9.84 Å². The van der Waals surface area contributed by atoms with E-state index in [1.54, 1.807) is 6.07 Å². The fourth-order valence-corrected chi connectivity index (χ4v) is 1.59. The molecule has 0 saturated heterocycles. The second-order valence-electron chi connectivity index (χ2n) is 3.62. The topological polar surface area (TPSA) is 46.5 Å². The smallest absolute Gasteiger partial charge is 0.331 e. The average molecular weight is 240 g/mol. The summed E-state index contributed by atoms with van der Waals surface area (Å²) in [7, 11) is 0. The molecule has 18 heavy (non-hydrogen) atoms. The molecule has 0 amide bonds. The number of carboxylic acid groups (broad SMARTS) is 1. The lowest BCUT2D eigenvalue weighted by Crippen LogP contribution is -1.91. The van der Waals surface area contributed by atoms with Gasteiger partial charge >= 0.3 is 5.97 Å². The quantitative estimate of drug-likeness (QED) is 0.658. The summed E-state index contributed by atoms with van der Waals surface area (Å²) in [5.41, 5.74) is 1.95. The Bertz CT molecular complexity index is 559. The molecule has 0 fully saturated rings. The van der Waals surface area contributed by atoms with Gasteiger partial charge in [0.25, 0.3) is 0 Å². The fourth-order valence-electron chi connectivity index (χ4n) is 1.59. The Labute approximate surface area is 105 Å². The molecule has 2 aromatic carbocycles. The second kappa shape index (κ2) is 5.68. The van der Waals surface area contributed by atoms with Crippen molar-refractivity contribution < 1.29 is 14.6 Å². The van der Waals surface area contributed by atoms with E-state index in [2.05, 4.69) is 0 Å². The van der Waals surface area contributed by atoms with Crippen LogP contribution >= 0.6 is 0 Å². The van der Waals surface area contributed by atoms with Crippen LogP contribution in [0.15, 0.2) is 66.9 Å². The van der Waals surface area contributed by atoms with E-state index in [9.17, 15) is 4.79 Å². The summed E-state index contributed by atoms with van der Waals surface area (Å²) in [6, 6.07) is 17.3. The van der Waals surface area contributed by atoms with Crippen LogP contribution in [0.2, 0.25) is 0 Å². The van der Waals surface area contributed by atoms with Crippen molar-refractivity contribution in [2.24, 2.45) is 0 Å². The van der Waals surface area contributed by atoms with Gasteiger partial charge in [-0.1, -0.05) is 48.5 Å². The van der Waals surface area contributed by atoms with Crippen molar-refractivity contribution in [3.05, 3.63) is 66.9 Å². The third kappa shape index (κ3) is 2.98. The monoisotopic (exact) mass is 240 g/mol. The molecule has 0 aliphatic heterocycles. The molecule has 1 N–H and O–H groups in total. The van der Waals surface area contributed by atoms with Gasteiger partial charge in [-0.3, -0.25) is 0 Å². The van der Waals surface area contributed by atoms with Crippen molar-refractivity contribution in [1.29, 1.82) is 0 Å². The largest absolute Gasteiger partial charge is 0.478 e. The van der Waals surface area contributed by atoms with Crippen LogP contribution in [0.5, 0.6) is 5.75 Å². The summed E-state index contributed by atoms with van der Waals surface area (Å²) in [5, 5.41) is 8.51. The molecule has 90 valence electrons. The number of hydrogen-bond acceptors (Lipinski definition) is 2. The molecule has 3 heteroatoms. The van der Waals surface area contributed by atoms with Crippen LogP contribution < -0.4 is 4.74 Å². The number of aliphatic carboxylic acids is 1. The van der Waals surface area contributed by atoms with E-state index in [-0.39, 0.29) is 0 Å². The molecule has 0 bridgehead atoms. The second-order valence-corrected chi connectivity index (χ2v) is 3.62. The van der Waals surface area contributed by atoms with Gasteiger partial charge in [0.05, 0.1) is 12.3 Å². The molecule has 2 aromatic rings. The SMILES string of the molecule is O=C(O)C=COc1ccccc1-c1ccccc1. The van der Waals surface area contributed by atoms with E-state index >= 15 is 0 Å². The molecule has 0 atom stereocenters. The number of benzene rings is 2. The Kier molecular flexibility index (Phi) is 3.76. The first-order chi connectivity index (χ1) is 8.77. The van der Waals surface area contributed by atoms with Gasteiger partial charge in [0.15, 0.2) is 0 Å². The molecule has 0 aliphatic carbocycles. The van der Waals surface area contributed by atoms with Crippen LogP contribution in [-0.2, 0) is 4.79 Å². The highest BCUT2D eigenvalue weighted by Gasteiger charge is 2.03. The van der Waals surface area contributed by atoms with Crippen molar-refractivity contribution in [2.45, 2.75) is 0 Å². The lowest BCUT2D eigenvalue weighted by atomic mass is 10.1. The van der Waals surface area contributed by atoms with E-state index < -0.39 is 5.97 Å². The Balaban J connectivity index is 2.29. The van der Waals surface area contributed by atoms with Gasteiger partial charge in [0.2, 0.25) is 0 Å². The highest BCUT2D eigenvalue weighted by Crippen LogP contribution is 2.29. The van der Waals surface area contributed by atoms with E-state index in [4.69, 9.17) is 9.84 Å². The summed E-state index contributed by atoms with van der Waals surface area (Å²) in [5.74, 6) is -0.409. The van der Waals surface area contributed by atoms with E-state index in [1.165, 1.54) is 6.26 Å². The first-order valence-corrected chi connectivity index (χ1v) is 5.48. The minimum Gasteiger partial charge on any atom is -0.478 e. The van der Waals surface area contributed by atoms with Crippen LogP contribution in [0.1, 0.15) is 0 Å². The van der Waals surface area contributed by atoms with Crippen molar-refractivity contribution >= 4 is 5.97 Å².